The van der Waals surface area contributed by atoms with Gasteiger partial charge in [-0.15, -0.1) is 0 Å². The van der Waals surface area contributed by atoms with Crippen molar-refractivity contribution in [3.8, 4) is 11.3 Å². The normalized spacial score (nSPS) is 13.9. The second kappa shape index (κ2) is 8.05. The van der Waals surface area contributed by atoms with E-state index < -0.39 is 0 Å². The van der Waals surface area contributed by atoms with Crippen LogP contribution in [0, 0.1) is 0 Å². The Morgan fingerprint density at radius 3 is 2.50 bits per heavy atom. The number of rotatable bonds is 5. The van der Waals surface area contributed by atoms with Crippen molar-refractivity contribution in [2.45, 2.75) is 12.7 Å². The Hall–Kier alpha value is -3.57. The Balaban J connectivity index is 1.35. The summed E-state index contributed by atoms with van der Waals surface area (Å²) in [6.45, 7) is 1.78. The Bertz CT molecular complexity index is 1170. The van der Waals surface area contributed by atoms with Crippen LogP contribution in [0.5, 0.6) is 0 Å². The minimum atomic E-state index is 0.0171. The smallest absolute Gasteiger partial charge is 0.254 e. The largest absolute Gasteiger partial charge is 0.370 e. The molecule has 2 aromatic heterocycles. The van der Waals surface area contributed by atoms with Crippen molar-refractivity contribution in [1.82, 2.24) is 14.9 Å². The van der Waals surface area contributed by atoms with Crippen molar-refractivity contribution < 1.29 is 9.53 Å². The molecular formula is C25H21N3O2. The summed E-state index contributed by atoms with van der Waals surface area (Å²) in [6.07, 6.45) is 3.54. The summed E-state index contributed by atoms with van der Waals surface area (Å²) >= 11 is 0. The molecule has 4 aromatic rings. The zero-order valence-corrected chi connectivity index (χ0v) is 16.4. The average Bonchev–Trinajstić information content (AvgIpc) is 2.78. The summed E-state index contributed by atoms with van der Waals surface area (Å²) in [6, 6.07) is 23.6. The Labute approximate surface area is 175 Å². The number of benzene rings is 2. The molecule has 0 unspecified atom stereocenters. The van der Waals surface area contributed by atoms with E-state index in [4.69, 9.17) is 9.72 Å². The van der Waals surface area contributed by atoms with Gasteiger partial charge in [-0.05, 0) is 29.8 Å². The van der Waals surface area contributed by atoms with Gasteiger partial charge in [-0.3, -0.25) is 9.78 Å². The number of pyridine rings is 2. The van der Waals surface area contributed by atoms with Gasteiger partial charge in [-0.25, -0.2) is 4.98 Å². The summed E-state index contributed by atoms with van der Waals surface area (Å²) < 4.78 is 5.95. The summed E-state index contributed by atoms with van der Waals surface area (Å²) in [7, 11) is 0. The minimum absolute atomic E-state index is 0.0171. The number of ether oxygens (including phenoxy) is 1. The van der Waals surface area contributed by atoms with Crippen LogP contribution in [0.25, 0.3) is 22.2 Å². The molecule has 5 heteroatoms. The maximum Gasteiger partial charge on any atom is 0.254 e. The number of carbonyl (C=O) groups excluding carboxylic acids is 1. The first-order chi connectivity index (χ1) is 14.8. The first kappa shape index (κ1) is 18.5. The number of aromatic nitrogens is 2. The maximum atomic E-state index is 13.3. The Morgan fingerprint density at radius 1 is 0.967 bits per heavy atom. The van der Waals surface area contributed by atoms with E-state index >= 15 is 0 Å². The summed E-state index contributed by atoms with van der Waals surface area (Å²) in [5.74, 6) is 0.0171. The van der Waals surface area contributed by atoms with Gasteiger partial charge in [0.15, 0.2) is 0 Å². The highest BCUT2D eigenvalue weighted by Crippen LogP contribution is 2.27. The number of para-hydroxylation sites is 1. The summed E-state index contributed by atoms with van der Waals surface area (Å²) in [4.78, 5) is 23.9. The van der Waals surface area contributed by atoms with Gasteiger partial charge in [0.1, 0.15) is 0 Å². The van der Waals surface area contributed by atoms with Crippen molar-refractivity contribution in [3.63, 3.8) is 0 Å². The molecule has 0 saturated carbocycles. The molecule has 5 rings (SSSR count). The standard InChI is InChI=1S/C25H21N3O2/c29-25(28-15-20(16-28)30-17-18-6-2-1-3-7-18)22-14-24(19-10-12-26-13-11-19)27-23-9-5-4-8-21(22)23/h1-14,20H,15-17H2. The van der Waals surface area contributed by atoms with E-state index in [1.54, 1.807) is 12.4 Å². The van der Waals surface area contributed by atoms with E-state index in [0.717, 1.165) is 27.7 Å². The van der Waals surface area contributed by atoms with E-state index in [2.05, 4.69) is 4.98 Å². The third kappa shape index (κ3) is 3.67. The van der Waals surface area contributed by atoms with Crippen molar-refractivity contribution in [3.05, 3.63) is 96.3 Å². The zero-order valence-electron chi connectivity index (χ0n) is 16.4. The minimum Gasteiger partial charge on any atom is -0.370 e. The number of hydrogen-bond acceptors (Lipinski definition) is 4. The second-order valence-electron chi connectivity index (χ2n) is 7.44. The quantitative estimate of drug-likeness (QED) is 0.504. The molecule has 2 aromatic carbocycles. The zero-order chi connectivity index (χ0) is 20.3. The molecule has 0 N–H and O–H groups in total. The molecule has 30 heavy (non-hydrogen) atoms. The van der Waals surface area contributed by atoms with Gasteiger partial charge in [-0.2, -0.15) is 0 Å². The molecule has 0 radical (unpaired) electrons. The van der Waals surface area contributed by atoms with Crippen LogP contribution in [0.3, 0.4) is 0 Å². The predicted molar refractivity (Wildman–Crippen MR) is 116 cm³/mol. The molecule has 0 aliphatic carbocycles. The number of nitrogens with zero attached hydrogens (tertiary/aromatic N) is 3. The number of likely N-dealkylation sites (tertiary alicyclic amines) is 1. The monoisotopic (exact) mass is 395 g/mol. The van der Waals surface area contributed by atoms with Crippen LogP contribution in [0.15, 0.2) is 85.2 Å². The first-order valence-corrected chi connectivity index (χ1v) is 10.0. The SMILES string of the molecule is O=C(c1cc(-c2ccncc2)nc2ccccc12)N1CC(OCc2ccccc2)C1. The third-order valence-electron chi connectivity index (χ3n) is 5.39. The van der Waals surface area contributed by atoms with E-state index in [-0.39, 0.29) is 12.0 Å². The Morgan fingerprint density at radius 2 is 1.70 bits per heavy atom. The van der Waals surface area contributed by atoms with Gasteiger partial charge >= 0.3 is 0 Å². The van der Waals surface area contributed by atoms with E-state index in [1.807, 2.05) is 77.7 Å². The lowest BCUT2D eigenvalue weighted by Crippen LogP contribution is -2.54. The van der Waals surface area contributed by atoms with Crippen LogP contribution >= 0.6 is 0 Å². The molecular weight excluding hydrogens is 374 g/mol. The van der Waals surface area contributed by atoms with Crippen LogP contribution in [-0.4, -0.2) is 40.0 Å². The molecule has 5 nitrogen and oxygen atoms in total. The van der Waals surface area contributed by atoms with Crippen LogP contribution in [0.4, 0.5) is 0 Å². The van der Waals surface area contributed by atoms with Crippen LogP contribution < -0.4 is 0 Å². The highest BCUT2D eigenvalue weighted by Gasteiger charge is 2.32. The second-order valence-corrected chi connectivity index (χ2v) is 7.44. The fourth-order valence-electron chi connectivity index (χ4n) is 3.69. The van der Waals surface area contributed by atoms with Gasteiger partial charge in [0, 0.05) is 36.4 Å². The average molecular weight is 395 g/mol. The van der Waals surface area contributed by atoms with Crippen LogP contribution in [0.2, 0.25) is 0 Å². The molecule has 1 saturated heterocycles. The molecule has 148 valence electrons. The number of fused-ring (bicyclic) bond motifs is 1. The van der Waals surface area contributed by atoms with Crippen molar-refractivity contribution >= 4 is 16.8 Å². The third-order valence-corrected chi connectivity index (χ3v) is 5.39. The molecule has 1 aliphatic heterocycles. The van der Waals surface area contributed by atoms with Crippen LogP contribution in [-0.2, 0) is 11.3 Å². The molecule has 0 bridgehead atoms. The Kier molecular flexibility index (Phi) is 4.95. The van der Waals surface area contributed by atoms with Crippen LogP contribution in [0.1, 0.15) is 15.9 Å². The molecule has 0 spiro atoms. The first-order valence-electron chi connectivity index (χ1n) is 10.0. The van der Waals surface area contributed by atoms with Gasteiger partial charge in [0.2, 0.25) is 0 Å². The molecule has 1 aliphatic rings. The summed E-state index contributed by atoms with van der Waals surface area (Å²) in [5.41, 5.74) is 4.35. The van der Waals surface area contributed by atoms with Crippen molar-refractivity contribution in [2.24, 2.45) is 0 Å². The maximum absolute atomic E-state index is 13.3. The number of hydrogen-bond donors (Lipinski definition) is 0. The van der Waals surface area contributed by atoms with E-state index in [1.165, 1.54) is 0 Å². The van der Waals surface area contributed by atoms with Crippen molar-refractivity contribution in [2.75, 3.05) is 13.1 Å². The lowest BCUT2D eigenvalue weighted by molar-refractivity contribution is -0.0502. The van der Waals surface area contributed by atoms with Crippen molar-refractivity contribution in [1.29, 1.82) is 0 Å². The molecule has 0 atom stereocenters. The molecule has 1 amide bonds. The fraction of sp³-hybridized carbons (Fsp3) is 0.160. The number of carbonyl (C=O) groups is 1. The summed E-state index contributed by atoms with van der Waals surface area (Å²) in [5, 5.41) is 0.869. The highest BCUT2D eigenvalue weighted by molar-refractivity contribution is 6.07. The predicted octanol–water partition coefficient (Wildman–Crippen LogP) is 4.34. The van der Waals surface area contributed by atoms with E-state index in [0.29, 0.717) is 25.3 Å². The fourth-order valence-corrected chi connectivity index (χ4v) is 3.69. The molecule has 1 fully saturated rings. The van der Waals surface area contributed by atoms with Gasteiger partial charge in [0.05, 0.1) is 29.5 Å². The number of amides is 1. The highest BCUT2D eigenvalue weighted by atomic mass is 16.5. The topological polar surface area (TPSA) is 55.3 Å². The lowest BCUT2D eigenvalue weighted by atomic mass is 10.0. The molecule has 3 heterocycles. The van der Waals surface area contributed by atoms with E-state index in [9.17, 15) is 4.79 Å². The lowest BCUT2D eigenvalue weighted by Gasteiger charge is -2.39. The van der Waals surface area contributed by atoms with Gasteiger partial charge < -0.3 is 9.64 Å². The van der Waals surface area contributed by atoms with Gasteiger partial charge in [0.25, 0.3) is 5.91 Å². The van der Waals surface area contributed by atoms with Gasteiger partial charge in [-0.1, -0.05) is 48.5 Å².